The molecule has 2 fully saturated rings. The first-order chi connectivity index (χ1) is 14.5. The summed E-state index contributed by atoms with van der Waals surface area (Å²) in [6.07, 6.45) is 5.95. The van der Waals surface area contributed by atoms with Crippen molar-refractivity contribution in [1.29, 1.82) is 0 Å². The van der Waals surface area contributed by atoms with Gasteiger partial charge >= 0.3 is 6.09 Å². The smallest absolute Gasteiger partial charge is 0.409 e. The van der Waals surface area contributed by atoms with Crippen molar-refractivity contribution in [3.63, 3.8) is 0 Å². The molecule has 6 heteroatoms. The van der Waals surface area contributed by atoms with Crippen LogP contribution in [0, 0.1) is 5.92 Å². The zero-order valence-corrected chi connectivity index (χ0v) is 19.4. The third-order valence-corrected chi connectivity index (χ3v) is 5.47. The molecular formula is C24H39NO5. The molecule has 1 atom stereocenters. The van der Waals surface area contributed by atoms with Crippen molar-refractivity contribution in [2.24, 2.45) is 5.92 Å². The van der Waals surface area contributed by atoms with E-state index in [0.29, 0.717) is 25.0 Å². The minimum absolute atomic E-state index is 0.277. The number of nitrogens with zero attached hydrogens (tertiary/aromatic N) is 1. The van der Waals surface area contributed by atoms with Crippen molar-refractivity contribution in [3.05, 3.63) is 35.6 Å². The molecule has 0 unspecified atom stereocenters. The molecule has 1 aliphatic carbocycles. The highest BCUT2D eigenvalue weighted by Crippen LogP contribution is 2.30. The van der Waals surface area contributed by atoms with Gasteiger partial charge in [-0.2, -0.15) is 0 Å². The molecule has 1 aromatic rings. The molecule has 1 aliphatic heterocycles. The van der Waals surface area contributed by atoms with Crippen molar-refractivity contribution >= 4 is 6.09 Å². The van der Waals surface area contributed by atoms with Crippen LogP contribution in [0.15, 0.2) is 35.6 Å². The number of hydrogen-bond donors (Lipinski definition) is 1. The Morgan fingerprint density at radius 3 is 2.17 bits per heavy atom. The molecule has 1 saturated heterocycles. The van der Waals surface area contributed by atoms with Crippen molar-refractivity contribution in [3.8, 4) is 11.5 Å². The number of ether oxygens (including phenoxy) is 3. The number of rotatable bonds is 4. The molecule has 30 heavy (non-hydrogen) atoms. The molecule has 1 heterocycles. The zero-order valence-electron chi connectivity index (χ0n) is 19.4. The molecule has 1 N–H and O–H groups in total. The normalized spacial score (nSPS) is 19.0. The van der Waals surface area contributed by atoms with Gasteiger partial charge in [-0.05, 0) is 63.7 Å². The van der Waals surface area contributed by atoms with E-state index < -0.39 is 0 Å². The van der Waals surface area contributed by atoms with Crippen molar-refractivity contribution in [2.75, 3.05) is 27.3 Å². The Labute approximate surface area is 181 Å². The second-order valence-electron chi connectivity index (χ2n) is 7.35. The van der Waals surface area contributed by atoms with Gasteiger partial charge in [0.05, 0.1) is 26.1 Å². The van der Waals surface area contributed by atoms with Crippen LogP contribution in [0.1, 0.15) is 59.8 Å². The molecule has 3 rings (SSSR count). The number of aliphatic hydroxyl groups excluding tert-OH is 1. The SMILES string of the molecule is CC.COC(=O)N1CC[C@@H](/C(C)=C(/C)O)C1.COc1ccccc1OC1CCCC1. The number of allylic oxidation sites excluding steroid dienone is 1. The lowest BCUT2D eigenvalue weighted by molar-refractivity contribution is 0.132. The van der Waals surface area contributed by atoms with E-state index in [4.69, 9.17) is 9.47 Å². The number of methoxy groups -OCH3 is 2. The third-order valence-electron chi connectivity index (χ3n) is 5.47. The predicted molar refractivity (Wildman–Crippen MR) is 120 cm³/mol. The molecule has 6 nitrogen and oxygen atoms in total. The van der Waals surface area contributed by atoms with Crippen LogP contribution in [-0.4, -0.2) is 49.5 Å². The highest BCUT2D eigenvalue weighted by Gasteiger charge is 2.28. The molecule has 2 aliphatic rings. The topological polar surface area (TPSA) is 68.2 Å². The first-order valence-corrected chi connectivity index (χ1v) is 10.9. The Kier molecular flexibility index (Phi) is 11.8. The van der Waals surface area contributed by atoms with Gasteiger partial charge in [0, 0.05) is 19.0 Å². The minimum Gasteiger partial charge on any atom is -0.513 e. The summed E-state index contributed by atoms with van der Waals surface area (Å²) in [5, 5.41) is 9.31. The van der Waals surface area contributed by atoms with E-state index in [9.17, 15) is 9.90 Å². The summed E-state index contributed by atoms with van der Waals surface area (Å²) in [5.41, 5.74) is 0.969. The standard InChI is InChI=1S/C12H16O2.C10H17NO3.C2H6/c1-13-11-8-4-5-9-12(11)14-10-6-2-3-7-10;1-7(8(2)12)9-4-5-11(6-9)10(13)14-3;1-2/h4-5,8-10H,2-3,6-7H2,1H3;9,12H,4-6H2,1-3H3;1-2H3/b;8-7-;/t;9-;/m.1./s1. The summed E-state index contributed by atoms with van der Waals surface area (Å²) < 4.78 is 15.7. The quantitative estimate of drug-likeness (QED) is 0.607. The van der Waals surface area contributed by atoms with Crippen LogP contribution < -0.4 is 9.47 Å². The number of aliphatic hydroxyl groups is 1. The van der Waals surface area contributed by atoms with E-state index in [2.05, 4.69) is 4.74 Å². The highest BCUT2D eigenvalue weighted by atomic mass is 16.5. The van der Waals surface area contributed by atoms with Crippen LogP contribution in [0.3, 0.4) is 0 Å². The number of carbonyl (C=O) groups is 1. The maximum atomic E-state index is 11.2. The molecule has 170 valence electrons. The van der Waals surface area contributed by atoms with Crippen LogP contribution in [-0.2, 0) is 4.74 Å². The molecule has 1 amide bonds. The van der Waals surface area contributed by atoms with Gasteiger partial charge in [-0.3, -0.25) is 0 Å². The summed E-state index contributed by atoms with van der Waals surface area (Å²) in [4.78, 5) is 12.8. The monoisotopic (exact) mass is 421 g/mol. The largest absolute Gasteiger partial charge is 0.513 e. The number of amides is 1. The van der Waals surface area contributed by atoms with Gasteiger partial charge in [0.2, 0.25) is 0 Å². The number of para-hydroxylation sites is 2. The van der Waals surface area contributed by atoms with E-state index in [1.807, 2.05) is 45.0 Å². The van der Waals surface area contributed by atoms with Crippen molar-refractivity contribution in [2.45, 2.75) is 65.9 Å². The maximum absolute atomic E-state index is 11.2. The lowest BCUT2D eigenvalue weighted by atomic mass is 9.99. The van der Waals surface area contributed by atoms with Crippen molar-refractivity contribution < 1.29 is 24.1 Å². The van der Waals surface area contributed by atoms with E-state index in [0.717, 1.165) is 23.5 Å². The first-order valence-electron chi connectivity index (χ1n) is 10.9. The van der Waals surface area contributed by atoms with Crippen LogP contribution in [0.2, 0.25) is 0 Å². The van der Waals surface area contributed by atoms with Crippen LogP contribution in [0.5, 0.6) is 11.5 Å². The van der Waals surface area contributed by atoms with Gasteiger partial charge in [-0.1, -0.05) is 26.0 Å². The van der Waals surface area contributed by atoms with E-state index >= 15 is 0 Å². The summed E-state index contributed by atoms with van der Waals surface area (Å²) >= 11 is 0. The number of likely N-dealkylation sites (tertiary alicyclic amines) is 1. The number of carbonyl (C=O) groups excluding carboxylic acids is 1. The lowest BCUT2D eigenvalue weighted by Gasteiger charge is -2.15. The van der Waals surface area contributed by atoms with Crippen LogP contribution in [0.4, 0.5) is 4.79 Å². The average Bonchev–Trinajstić information content (AvgIpc) is 3.47. The lowest BCUT2D eigenvalue weighted by Crippen LogP contribution is -2.28. The Morgan fingerprint density at radius 1 is 1.03 bits per heavy atom. The third kappa shape index (κ3) is 7.81. The van der Waals surface area contributed by atoms with Gasteiger partial charge in [-0.25, -0.2) is 4.79 Å². The maximum Gasteiger partial charge on any atom is 0.409 e. The van der Waals surface area contributed by atoms with E-state index in [1.54, 1.807) is 18.9 Å². The van der Waals surface area contributed by atoms with Crippen LogP contribution in [0.25, 0.3) is 0 Å². The molecule has 0 spiro atoms. The fourth-order valence-electron chi connectivity index (χ4n) is 3.61. The Bertz CT molecular complexity index is 663. The average molecular weight is 422 g/mol. The Hall–Kier alpha value is -2.37. The first kappa shape index (κ1) is 25.7. The molecule has 0 radical (unpaired) electrons. The molecule has 0 bridgehead atoms. The van der Waals surface area contributed by atoms with Crippen LogP contribution >= 0.6 is 0 Å². The fourth-order valence-corrected chi connectivity index (χ4v) is 3.61. The van der Waals surface area contributed by atoms with Gasteiger partial charge in [-0.15, -0.1) is 0 Å². The van der Waals surface area contributed by atoms with Gasteiger partial charge in [0.1, 0.15) is 0 Å². The number of hydrogen-bond acceptors (Lipinski definition) is 5. The van der Waals surface area contributed by atoms with E-state index in [-0.39, 0.29) is 12.0 Å². The Balaban J connectivity index is 0.000000277. The van der Waals surface area contributed by atoms with E-state index in [1.165, 1.54) is 32.8 Å². The molecule has 0 aromatic heterocycles. The highest BCUT2D eigenvalue weighted by molar-refractivity contribution is 5.67. The molecule has 1 saturated carbocycles. The summed E-state index contributed by atoms with van der Waals surface area (Å²) in [7, 11) is 3.06. The Morgan fingerprint density at radius 2 is 1.63 bits per heavy atom. The van der Waals surface area contributed by atoms with Gasteiger partial charge in [0.15, 0.2) is 11.5 Å². The second-order valence-corrected chi connectivity index (χ2v) is 7.35. The second kappa shape index (κ2) is 13.8. The fraction of sp³-hybridized carbons (Fsp3) is 0.625. The zero-order chi connectivity index (χ0) is 22.5. The summed E-state index contributed by atoms with van der Waals surface area (Å²) in [5.74, 6) is 2.35. The molecular weight excluding hydrogens is 382 g/mol. The summed E-state index contributed by atoms with van der Waals surface area (Å²) in [6, 6.07) is 7.84. The predicted octanol–water partition coefficient (Wildman–Crippen LogP) is 5.97. The molecule has 1 aromatic carbocycles. The summed E-state index contributed by atoms with van der Waals surface area (Å²) in [6.45, 7) is 8.94. The van der Waals surface area contributed by atoms with Gasteiger partial charge in [0.25, 0.3) is 0 Å². The van der Waals surface area contributed by atoms with Gasteiger partial charge < -0.3 is 24.2 Å². The number of benzene rings is 1. The van der Waals surface area contributed by atoms with Crippen molar-refractivity contribution in [1.82, 2.24) is 4.90 Å². The minimum atomic E-state index is -0.282.